The quantitative estimate of drug-likeness (QED) is 0.810. The molecule has 9 heteroatoms. The molecule has 0 aliphatic heterocycles. The van der Waals surface area contributed by atoms with Crippen molar-refractivity contribution in [3.8, 4) is 0 Å². The zero-order valence-electron chi connectivity index (χ0n) is 12.1. The Morgan fingerprint density at radius 3 is 2.59 bits per heavy atom. The van der Waals surface area contributed by atoms with Gasteiger partial charge in [-0.15, -0.1) is 0 Å². The van der Waals surface area contributed by atoms with Crippen molar-refractivity contribution in [3.05, 3.63) is 53.0 Å². The van der Waals surface area contributed by atoms with Crippen molar-refractivity contribution >= 4 is 15.7 Å². The number of nitrogens with zero attached hydrogens (tertiary/aromatic N) is 3. The zero-order chi connectivity index (χ0) is 16.2. The summed E-state index contributed by atoms with van der Waals surface area (Å²) in [5.74, 6) is 0.361. The lowest BCUT2D eigenvalue weighted by atomic mass is 10.4. The van der Waals surface area contributed by atoms with E-state index in [0.29, 0.717) is 5.82 Å². The van der Waals surface area contributed by atoms with Crippen LogP contribution in [0.1, 0.15) is 5.82 Å². The van der Waals surface area contributed by atoms with Crippen LogP contribution in [-0.2, 0) is 28.2 Å². The SMILES string of the molecule is COC(Cc1ncccn1)S(=O)(=O)Nc1ccc(=O)n(C)c1. The summed E-state index contributed by atoms with van der Waals surface area (Å²) in [5.41, 5.74) is -1.10. The number of methoxy groups -OCH3 is 1. The third-order valence-corrected chi connectivity index (χ3v) is 4.49. The maximum Gasteiger partial charge on any atom is 0.260 e. The summed E-state index contributed by atoms with van der Waals surface area (Å²) in [4.78, 5) is 19.3. The molecule has 8 nitrogen and oxygen atoms in total. The van der Waals surface area contributed by atoms with E-state index < -0.39 is 15.5 Å². The van der Waals surface area contributed by atoms with Crippen LogP contribution in [-0.4, -0.2) is 35.5 Å². The first kappa shape index (κ1) is 16.1. The molecular formula is C13H16N4O4S. The Kier molecular flexibility index (Phi) is 4.88. The highest BCUT2D eigenvalue weighted by atomic mass is 32.2. The molecule has 2 aromatic heterocycles. The molecule has 2 rings (SSSR count). The van der Waals surface area contributed by atoms with Gasteiger partial charge in [0.25, 0.3) is 10.0 Å². The van der Waals surface area contributed by atoms with Crippen molar-refractivity contribution in [3.63, 3.8) is 0 Å². The minimum absolute atomic E-state index is 0.0123. The van der Waals surface area contributed by atoms with Crippen LogP contribution in [0.25, 0.3) is 0 Å². The van der Waals surface area contributed by atoms with Gasteiger partial charge in [-0.05, 0) is 12.1 Å². The smallest absolute Gasteiger partial charge is 0.260 e. The molecule has 1 unspecified atom stereocenters. The lowest BCUT2D eigenvalue weighted by Crippen LogP contribution is -2.32. The van der Waals surface area contributed by atoms with Crippen molar-refractivity contribution in [2.24, 2.45) is 7.05 Å². The Hall–Kier alpha value is -2.26. The molecule has 0 saturated carbocycles. The molecule has 0 aromatic carbocycles. The summed E-state index contributed by atoms with van der Waals surface area (Å²) in [7, 11) is -0.988. The number of pyridine rings is 1. The zero-order valence-corrected chi connectivity index (χ0v) is 12.9. The largest absolute Gasteiger partial charge is 0.363 e. The minimum atomic E-state index is -3.82. The number of nitrogens with one attached hydrogen (secondary N) is 1. The Balaban J connectivity index is 2.19. The van der Waals surface area contributed by atoms with E-state index in [0.717, 1.165) is 0 Å². The molecule has 0 fully saturated rings. The van der Waals surface area contributed by atoms with E-state index in [2.05, 4.69) is 14.7 Å². The van der Waals surface area contributed by atoms with Crippen LogP contribution < -0.4 is 10.3 Å². The highest BCUT2D eigenvalue weighted by Gasteiger charge is 2.26. The molecule has 0 radical (unpaired) electrons. The highest BCUT2D eigenvalue weighted by molar-refractivity contribution is 7.93. The van der Waals surface area contributed by atoms with E-state index in [9.17, 15) is 13.2 Å². The number of ether oxygens (including phenoxy) is 1. The van der Waals surface area contributed by atoms with Gasteiger partial charge in [0.15, 0.2) is 5.44 Å². The highest BCUT2D eigenvalue weighted by Crippen LogP contribution is 2.13. The lowest BCUT2D eigenvalue weighted by molar-refractivity contribution is 0.162. The number of anilines is 1. The van der Waals surface area contributed by atoms with Crippen LogP contribution in [0.3, 0.4) is 0 Å². The summed E-state index contributed by atoms with van der Waals surface area (Å²) < 4.78 is 33.4. The molecular weight excluding hydrogens is 308 g/mol. The normalized spacial score (nSPS) is 12.8. The molecule has 2 heterocycles. The van der Waals surface area contributed by atoms with Gasteiger partial charge in [0.05, 0.1) is 12.1 Å². The first-order chi connectivity index (χ1) is 10.4. The Morgan fingerprint density at radius 1 is 1.32 bits per heavy atom. The molecule has 0 saturated heterocycles. The van der Waals surface area contributed by atoms with E-state index in [1.54, 1.807) is 6.07 Å². The monoisotopic (exact) mass is 324 g/mol. The van der Waals surface area contributed by atoms with Crippen LogP contribution in [0.4, 0.5) is 5.69 Å². The number of hydrogen-bond acceptors (Lipinski definition) is 6. The van der Waals surface area contributed by atoms with Crippen LogP contribution in [0.2, 0.25) is 0 Å². The molecule has 1 N–H and O–H groups in total. The van der Waals surface area contributed by atoms with Crippen LogP contribution in [0, 0.1) is 0 Å². The van der Waals surface area contributed by atoms with Gasteiger partial charge in [0, 0.05) is 38.8 Å². The fraction of sp³-hybridized carbons (Fsp3) is 0.308. The van der Waals surface area contributed by atoms with E-state index in [-0.39, 0.29) is 17.7 Å². The first-order valence-corrected chi connectivity index (χ1v) is 7.94. The van der Waals surface area contributed by atoms with Crippen molar-refractivity contribution in [2.75, 3.05) is 11.8 Å². The predicted octanol–water partition coefficient (Wildman–Crippen LogP) is 0.132. The summed E-state index contributed by atoms with van der Waals surface area (Å²) in [6, 6.07) is 4.31. The average Bonchev–Trinajstić information content (AvgIpc) is 2.49. The maximum atomic E-state index is 12.4. The number of aryl methyl sites for hydroxylation is 1. The molecule has 2 aromatic rings. The van der Waals surface area contributed by atoms with Gasteiger partial charge < -0.3 is 9.30 Å². The van der Waals surface area contributed by atoms with Gasteiger partial charge in [0.2, 0.25) is 5.56 Å². The number of hydrogen-bond donors (Lipinski definition) is 1. The van der Waals surface area contributed by atoms with Gasteiger partial charge in [-0.3, -0.25) is 9.52 Å². The second-order valence-corrected chi connectivity index (χ2v) is 6.37. The molecule has 0 aliphatic rings. The van der Waals surface area contributed by atoms with Crippen LogP contribution in [0.5, 0.6) is 0 Å². The number of rotatable bonds is 6. The topological polar surface area (TPSA) is 103 Å². The van der Waals surface area contributed by atoms with Crippen molar-refractivity contribution in [1.82, 2.24) is 14.5 Å². The van der Waals surface area contributed by atoms with Crippen molar-refractivity contribution < 1.29 is 13.2 Å². The van der Waals surface area contributed by atoms with Crippen LogP contribution in [0.15, 0.2) is 41.6 Å². The Morgan fingerprint density at radius 2 is 2.00 bits per heavy atom. The molecule has 0 amide bonds. The first-order valence-electron chi connectivity index (χ1n) is 6.39. The fourth-order valence-electron chi connectivity index (χ4n) is 1.79. The molecule has 0 spiro atoms. The third kappa shape index (κ3) is 3.89. The Labute approximate surface area is 127 Å². The van der Waals surface area contributed by atoms with E-state index >= 15 is 0 Å². The van der Waals surface area contributed by atoms with E-state index in [1.165, 1.54) is 49.4 Å². The second-order valence-electron chi connectivity index (χ2n) is 4.55. The van der Waals surface area contributed by atoms with Gasteiger partial charge >= 0.3 is 0 Å². The molecule has 1 atom stereocenters. The van der Waals surface area contributed by atoms with Crippen LogP contribution >= 0.6 is 0 Å². The summed E-state index contributed by atoms with van der Waals surface area (Å²) in [5, 5.41) is 0. The molecule has 0 aliphatic carbocycles. The average molecular weight is 324 g/mol. The predicted molar refractivity (Wildman–Crippen MR) is 80.8 cm³/mol. The fourth-order valence-corrected chi connectivity index (χ4v) is 2.99. The Bertz CT molecular complexity index is 789. The van der Waals surface area contributed by atoms with Gasteiger partial charge in [-0.1, -0.05) is 0 Å². The van der Waals surface area contributed by atoms with Gasteiger partial charge in [0.1, 0.15) is 5.82 Å². The standard InChI is InChI=1S/C13H16N4O4S/c1-17-9-10(4-5-12(17)18)16-22(19,20)13(21-2)8-11-14-6-3-7-15-11/h3-7,9,13,16H,8H2,1-2H3. The van der Waals surface area contributed by atoms with Crippen molar-refractivity contribution in [2.45, 2.75) is 11.9 Å². The molecule has 0 bridgehead atoms. The van der Waals surface area contributed by atoms with Crippen molar-refractivity contribution in [1.29, 1.82) is 0 Å². The summed E-state index contributed by atoms with van der Waals surface area (Å²) >= 11 is 0. The molecule has 22 heavy (non-hydrogen) atoms. The summed E-state index contributed by atoms with van der Waals surface area (Å²) in [6.07, 6.45) is 4.47. The van der Waals surface area contributed by atoms with E-state index in [4.69, 9.17) is 4.74 Å². The van der Waals surface area contributed by atoms with Gasteiger partial charge in [-0.25, -0.2) is 18.4 Å². The third-order valence-electron chi connectivity index (χ3n) is 2.92. The minimum Gasteiger partial charge on any atom is -0.363 e. The second kappa shape index (κ2) is 6.67. The number of aromatic nitrogens is 3. The van der Waals surface area contributed by atoms with E-state index in [1.807, 2.05) is 0 Å². The van der Waals surface area contributed by atoms with Gasteiger partial charge in [-0.2, -0.15) is 0 Å². The number of sulfonamides is 1. The maximum absolute atomic E-state index is 12.4. The lowest BCUT2D eigenvalue weighted by Gasteiger charge is -2.17. The summed E-state index contributed by atoms with van der Waals surface area (Å²) in [6.45, 7) is 0. The molecule has 118 valence electrons.